The van der Waals surface area contributed by atoms with E-state index in [1.807, 2.05) is 6.92 Å². The number of aliphatic hydroxyl groups is 1. The van der Waals surface area contributed by atoms with Crippen molar-refractivity contribution in [2.75, 3.05) is 6.61 Å². The average Bonchev–Trinajstić information content (AvgIpc) is 2.70. The van der Waals surface area contributed by atoms with Crippen LogP contribution in [0.1, 0.15) is 55.8 Å². The Balaban J connectivity index is 2.98. The second-order valence-corrected chi connectivity index (χ2v) is 4.93. The van der Waals surface area contributed by atoms with Crippen molar-refractivity contribution in [3.63, 3.8) is 0 Å². The molecule has 0 amide bonds. The molecular formula is C12H21N3O3. The maximum Gasteiger partial charge on any atom is 0.358 e. The zero-order valence-corrected chi connectivity index (χ0v) is 11.1. The molecule has 0 saturated heterocycles. The summed E-state index contributed by atoms with van der Waals surface area (Å²) in [5.74, 6) is -0.556. The van der Waals surface area contributed by atoms with E-state index in [0.29, 0.717) is 24.5 Å². The Morgan fingerprint density at radius 1 is 1.33 bits per heavy atom. The van der Waals surface area contributed by atoms with Gasteiger partial charge in [0.1, 0.15) is 0 Å². The molecule has 0 fully saturated rings. The molecule has 1 atom stereocenters. The van der Waals surface area contributed by atoms with E-state index in [1.165, 1.54) is 0 Å². The molecule has 1 unspecified atom stereocenters. The zero-order valence-electron chi connectivity index (χ0n) is 11.1. The van der Waals surface area contributed by atoms with Crippen molar-refractivity contribution in [1.82, 2.24) is 15.0 Å². The van der Waals surface area contributed by atoms with Gasteiger partial charge in [-0.25, -0.2) is 9.48 Å². The highest BCUT2D eigenvalue weighted by Crippen LogP contribution is 2.18. The van der Waals surface area contributed by atoms with Gasteiger partial charge in [-0.2, -0.15) is 0 Å². The van der Waals surface area contributed by atoms with Crippen LogP contribution in [0.5, 0.6) is 0 Å². The number of carbonyl (C=O) groups is 1. The molecule has 6 nitrogen and oxygen atoms in total. The SMILES string of the molecule is CC(C)CCc1c(C(=O)O)nnn1C(C)CCO. The Morgan fingerprint density at radius 2 is 2.00 bits per heavy atom. The maximum atomic E-state index is 11.1. The molecule has 1 rings (SSSR count). The molecule has 18 heavy (non-hydrogen) atoms. The molecule has 2 N–H and O–H groups in total. The number of aromatic carboxylic acids is 1. The van der Waals surface area contributed by atoms with Gasteiger partial charge in [-0.15, -0.1) is 5.10 Å². The summed E-state index contributed by atoms with van der Waals surface area (Å²) < 4.78 is 1.63. The highest BCUT2D eigenvalue weighted by atomic mass is 16.4. The standard InChI is InChI=1S/C12H21N3O3/c1-8(2)4-5-10-11(12(17)18)13-14-15(10)9(3)6-7-16/h8-9,16H,4-7H2,1-3H3,(H,17,18). The van der Waals surface area contributed by atoms with E-state index in [4.69, 9.17) is 10.2 Å². The fourth-order valence-electron chi connectivity index (χ4n) is 1.80. The second-order valence-electron chi connectivity index (χ2n) is 4.93. The van der Waals surface area contributed by atoms with Crippen molar-refractivity contribution in [2.45, 2.75) is 46.1 Å². The summed E-state index contributed by atoms with van der Waals surface area (Å²) >= 11 is 0. The quantitative estimate of drug-likeness (QED) is 0.771. The van der Waals surface area contributed by atoms with Gasteiger partial charge in [-0.05, 0) is 32.1 Å². The van der Waals surface area contributed by atoms with Gasteiger partial charge in [0.2, 0.25) is 0 Å². The van der Waals surface area contributed by atoms with Gasteiger partial charge in [-0.3, -0.25) is 0 Å². The summed E-state index contributed by atoms with van der Waals surface area (Å²) in [7, 11) is 0. The second kappa shape index (κ2) is 6.49. The molecule has 0 bridgehead atoms. The first-order chi connectivity index (χ1) is 8.47. The van der Waals surface area contributed by atoms with Crippen LogP contribution >= 0.6 is 0 Å². The van der Waals surface area contributed by atoms with E-state index in [1.54, 1.807) is 4.68 Å². The number of nitrogens with zero attached hydrogens (tertiary/aromatic N) is 3. The van der Waals surface area contributed by atoms with Crippen LogP contribution in [0.4, 0.5) is 0 Å². The number of aliphatic hydroxyl groups excluding tert-OH is 1. The predicted octanol–water partition coefficient (Wildman–Crippen LogP) is 1.51. The Bertz CT molecular complexity index is 401. The lowest BCUT2D eigenvalue weighted by molar-refractivity contribution is 0.0689. The monoisotopic (exact) mass is 255 g/mol. The minimum absolute atomic E-state index is 0.0282. The van der Waals surface area contributed by atoms with Gasteiger partial charge in [0, 0.05) is 6.61 Å². The largest absolute Gasteiger partial charge is 0.476 e. The molecule has 0 aliphatic rings. The molecule has 6 heteroatoms. The lowest BCUT2D eigenvalue weighted by Gasteiger charge is -2.14. The molecule has 1 aromatic heterocycles. The van der Waals surface area contributed by atoms with E-state index >= 15 is 0 Å². The van der Waals surface area contributed by atoms with Gasteiger partial charge in [0.15, 0.2) is 5.69 Å². The van der Waals surface area contributed by atoms with Crippen LogP contribution in [0.25, 0.3) is 0 Å². The van der Waals surface area contributed by atoms with Crippen molar-refractivity contribution in [2.24, 2.45) is 5.92 Å². The van der Waals surface area contributed by atoms with Gasteiger partial charge in [0.05, 0.1) is 11.7 Å². The van der Waals surface area contributed by atoms with E-state index < -0.39 is 5.97 Å². The first-order valence-electron chi connectivity index (χ1n) is 6.25. The molecule has 0 aromatic carbocycles. The van der Waals surface area contributed by atoms with Crippen LogP contribution in [0.15, 0.2) is 0 Å². The summed E-state index contributed by atoms with van der Waals surface area (Å²) in [6.07, 6.45) is 2.07. The molecule has 0 aliphatic carbocycles. The Morgan fingerprint density at radius 3 is 2.50 bits per heavy atom. The molecule has 102 valence electrons. The highest BCUT2D eigenvalue weighted by molar-refractivity contribution is 5.86. The van der Waals surface area contributed by atoms with Gasteiger partial charge in [0.25, 0.3) is 0 Å². The van der Waals surface area contributed by atoms with Crippen molar-refractivity contribution in [3.8, 4) is 0 Å². The lowest BCUT2D eigenvalue weighted by atomic mass is 10.0. The number of aromatic nitrogens is 3. The molecule has 0 radical (unpaired) electrons. The van der Waals surface area contributed by atoms with Crippen molar-refractivity contribution >= 4 is 5.97 Å². The number of rotatable bonds is 7. The van der Waals surface area contributed by atoms with Crippen LogP contribution in [-0.4, -0.2) is 37.8 Å². The van der Waals surface area contributed by atoms with E-state index in [9.17, 15) is 4.79 Å². The fourth-order valence-corrected chi connectivity index (χ4v) is 1.80. The highest BCUT2D eigenvalue weighted by Gasteiger charge is 2.21. The summed E-state index contributed by atoms with van der Waals surface area (Å²) in [4.78, 5) is 11.1. The smallest absolute Gasteiger partial charge is 0.358 e. The molecular weight excluding hydrogens is 234 g/mol. The lowest BCUT2D eigenvalue weighted by Crippen LogP contribution is -2.14. The molecule has 0 spiro atoms. The number of carboxylic acid groups (broad SMARTS) is 1. The number of hydrogen-bond donors (Lipinski definition) is 2. The van der Waals surface area contributed by atoms with E-state index in [-0.39, 0.29) is 18.3 Å². The van der Waals surface area contributed by atoms with Crippen LogP contribution in [0.2, 0.25) is 0 Å². The van der Waals surface area contributed by atoms with Crippen LogP contribution < -0.4 is 0 Å². The van der Waals surface area contributed by atoms with Gasteiger partial charge in [-0.1, -0.05) is 19.1 Å². The summed E-state index contributed by atoms with van der Waals surface area (Å²) in [6, 6.07) is -0.0437. The summed E-state index contributed by atoms with van der Waals surface area (Å²) in [6.45, 7) is 6.12. The third-order valence-electron chi connectivity index (χ3n) is 2.92. The third-order valence-corrected chi connectivity index (χ3v) is 2.92. The van der Waals surface area contributed by atoms with Crippen molar-refractivity contribution in [1.29, 1.82) is 0 Å². The minimum atomic E-state index is -1.05. The fraction of sp³-hybridized carbons (Fsp3) is 0.750. The van der Waals surface area contributed by atoms with Crippen LogP contribution in [0, 0.1) is 5.92 Å². The predicted molar refractivity (Wildman–Crippen MR) is 66.6 cm³/mol. The molecule has 0 saturated carbocycles. The van der Waals surface area contributed by atoms with Crippen molar-refractivity contribution in [3.05, 3.63) is 11.4 Å². The maximum absolute atomic E-state index is 11.1. The van der Waals surface area contributed by atoms with E-state index in [0.717, 1.165) is 6.42 Å². The molecule has 1 aromatic rings. The van der Waals surface area contributed by atoms with Crippen LogP contribution in [0.3, 0.4) is 0 Å². The average molecular weight is 255 g/mol. The van der Waals surface area contributed by atoms with Crippen LogP contribution in [-0.2, 0) is 6.42 Å². The summed E-state index contributed by atoms with van der Waals surface area (Å²) in [5, 5.41) is 25.7. The number of carboxylic acids is 1. The molecule has 0 aliphatic heterocycles. The first-order valence-corrected chi connectivity index (χ1v) is 6.25. The van der Waals surface area contributed by atoms with Crippen molar-refractivity contribution < 1.29 is 15.0 Å². The topological polar surface area (TPSA) is 88.2 Å². The summed E-state index contributed by atoms with van der Waals surface area (Å²) in [5.41, 5.74) is 0.678. The number of hydrogen-bond acceptors (Lipinski definition) is 4. The zero-order chi connectivity index (χ0) is 13.7. The Labute approximate surface area is 107 Å². The third kappa shape index (κ3) is 3.53. The normalized spacial score (nSPS) is 12.9. The Hall–Kier alpha value is -1.43. The first kappa shape index (κ1) is 14.6. The Kier molecular flexibility index (Phi) is 5.27. The van der Waals surface area contributed by atoms with E-state index in [2.05, 4.69) is 24.2 Å². The minimum Gasteiger partial charge on any atom is -0.476 e. The molecule has 1 heterocycles. The van der Waals surface area contributed by atoms with Gasteiger partial charge >= 0.3 is 5.97 Å². The van der Waals surface area contributed by atoms with Gasteiger partial charge < -0.3 is 10.2 Å².